The summed E-state index contributed by atoms with van der Waals surface area (Å²) in [7, 11) is -8.35. The number of hydrogen-bond donors (Lipinski definition) is 6. The molecule has 0 aromatic carbocycles. The number of methoxy groups -OCH3 is 1. The standard InChI is InChI=1S/C16H25N3O14P2/c1-7(2)34(25,26)33-10-11(13(21)17-8(15(22)23)6-31-35(27,28)29)32-14(12(10)30-3)19-5-4-9(20)18-16(19)24/h4-5,7-8,10-12,14H,6H2,1-3H3,(H,17,21)(H,22,23)(H,25,26)(H,18,20,24)(H2,27,28,29)/t8-,10?,11+,12+,14-/m1/s1. The van der Waals surface area contributed by atoms with E-state index in [1.165, 1.54) is 13.8 Å². The first-order valence-corrected chi connectivity index (χ1v) is 13.0. The number of carboxylic acids is 1. The van der Waals surface area contributed by atoms with Gasteiger partial charge in [-0.25, -0.2) is 14.2 Å². The summed E-state index contributed by atoms with van der Waals surface area (Å²) in [6.07, 6.45) is -5.36. The third-order valence-corrected chi connectivity index (χ3v) is 7.13. The molecule has 1 aromatic heterocycles. The molecule has 19 heteroatoms. The summed E-state index contributed by atoms with van der Waals surface area (Å²) in [5, 5.41) is 11.2. The topological polar surface area (TPSA) is 253 Å². The first kappa shape index (κ1) is 29.0. The number of carbonyl (C=O) groups is 2. The molecule has 1 aliphatic rings. The number of nitrogens with zero attached hydrogens (tertiary/aromatic N) is 1. The zero-order valence-corrected chi connectivity index (χ0v) is 20.3. The Hall–Kier alpha value is -2.20. The van der Waals surface area contributed by atoms with Crippen LogP contribution in [0.4, 0.5) is 0 Å². The lowest BCUT2D eigenvalue weighted by Crippen LogP contribution is -2.51. The molecule has 0 radical (unpaired) electrons. The molecule has 1 amide bonds. The minimum Gasteiger partial charge on any atom is -0.480 e. The zero-order chi connectivity index (χ0) is 26.7. The fourth-order valence-electron chi connectivity index (χ4n) is 2.96. The van der Waals surface area contributed by atoms with E-state index in [0.29, 0.717) is 0 Å². The molecule has 2 heterocycles. The predicted octanol–water partition coefficient (Wildman–Crippen LogP) is -1.89. The van der Waals surface area contributed by atoms with Gasteiger partial charge in [-0.2, -0.15) is 0 Å². The monoisotopic (exact) mass is 545 g/mol. The van der Waals surface area contributed by atoms with Crippen LogP contribution in [0.2, 0.25) is 0 Å². The maximum atomic E-state index is 12.9. The van der Waals surface area contributed by atoms with Crippen molar-refractivity contribution in [2.75, 3.05) is 13.7 Å². The van der Waals surface area contributed by atoms with E-state index in [-0.39, 0.29) is 0 Å². The molecule has 1 fully saturated rings. The number of aromatic amines is 1. The Morgan fingerprint density at radius 1 is 1.23 bits per heavy atom. The number of carbonyl (C=O) groups excluding carboxylic acids is 1. The molecule has 0 aliphatic carbocycles. The van der Waals surface area contributed by atoms with E-state index in [2.05, 4.69) is 4.52 Å². The molecule has 1 aromatic rings. The summed E-state index contributed by atoms with van der Waals surface area (Å²) in [5.74, 6) is -2.98. The van der Waals surface area contributed by atoms with Gasteiger partial charge in [0.15, 0.2) is 18.4 Å². The molecule has 198 valence electrons. The van der Waals surface area contributed by atoms with Crippen molar-refractivity contribution < 1.29 is 57.0 Å². The third kappa shape index (κ3) is 7.39. The second kappa shape index (κ2) is 11.2. The van der Waals surface area contributed by atoms with Crippen LogP contribution in [0.25, 0.3) is 0 Å². The van der Waals surface area contributed by atoms with Crippen molar-refractivity contribution in [3.8, 4) is 0 Å². The van der Waals surface area contributed by atoms with Crippen molar-refractivity contribution in [3.63, 3.8) is 0 Å². The van der Waals surface area contributed by atoms with E-state index in [9.17, 15) is 38.3 Å². The molecule has 0 saturated carbocycles. The highest BCUT2D eigenvalue weighted by Crippen LogP contribution is 2.51. The number of ether oxygens (including phenoxy) is 2. The Bertz CT molecular complexity index is 1140. The maximum absolute atomic E-state index is 12.9. The average molecular weight is 545 g/mol. The summed E-state index contributed by atoms with van der Waals surface area (Å²) in [6.45, 7) is 1.58. The molecule has 6 atom stereocenters. The van der Waals surface area contributed by atoms with E-state index in [0.717, 1.165) is 23.9 Å². The molecule has 17 nitrogen and oxygen atoms in total. The van der Waals surface area contributed by atoms with Gasteiger partial charge in [0.25, 0.3) is 11.5 Å². The molecule has 2 rings (SSSR count). The molecule has 35 heavy (non-hydrogen) atoms. The molecule has 6 N–H and O–H groups in total. The van der Waals surface area contributed by atoms with Gasteiger partial charge in [-0.15, -0.1) is 0 Å². The number of amides is 1. The predicted molar refractivity (Wildman–Crippen MR) is 113 cm³/mol. The normalized spacial score (nSPS) is 25.2. The lowest BCUT2D eigenvalue weighted by atomic mass is 10.1. The second-order valence-corrected chi connectivity index (χ2v) is 11.2. The highest BCUT2D eigenvalue weighted by Gasteiger charge is 2.53. The fourth-order valence-corrected chi connectivity index (χ4v) is 4.13. The van der Waals surface area contributed by atoms with Crippen LogP contribution in [0.5, 0.6) is 0 Å². The minimum atomic E-state index is -5.08. The van der Waals surface area contributed by atoms with Crippen LogP contribution in [0.1, 0.15) is 20.1 Å². The first-order chi connectivity index (χ1) is 16.1. The van der Waals surface area contributed by atoms with Crippen LogP contribution in [-0.4, -0.2) is 84.9 Å². The third-order valence-electron chi connectivity index (χ3n) is 4.79. The number of nitrogens with one attached hydrogen (secondary N) is 2. The van der Waals surface area contributed by atoms with Crippen LogP contribution >= 0.6 is 15.4 Å². The van der Waals surface area contributed by atoms with Crippen LogP contribution < -0.4 is 16.6 Å². The van der Waals surface area contributed by atoms with Gasteiger partial charge in [0.2, 0.25) is 0 Å². The van der Waals surface area contributed by atoms with Crippen molar-refractivity contribution >= 4 is 27.3 Å². The highest BCUT2D eigenvalue weighted by molar-refractivity contribution is 7.53. The number of aromatic nitrogens is 2. The number of hydrogen-bond acceptors (Lipinski definition) is 10. The largest absolute Gasteiger partial charge is 0.480 e. The average Bonchev–Trinajstić information content (AvgIpc) is 3.07. The lowest BCUT2D eigenvalue weighted by molar-refractivity contribution is -0.147. The van der Waals surface area contributed by atoms with Crippen molar-refractivity contribution in [2.45, 2.75) is 50.1 Å². The van der Waals surface area contributed by atoms with Crippen molar-refractivity contribution in [3.05, 3.63) is 33.1 Å². The molecule has 1 aliphatic heterocycles. The molecule has 0 spiro atoms. The summed E-state index contributed by atoms with van der Waals surface area (Å²) >= 11 is 0. The number of rotatable bonds is 11. The van der Waals surface area contributed by atoms with E-state index >= 15 is 0 Å². The number of phosphoric acid groups is 1. The Morgan fingerprint density at radius 2 is 1.86 bits per heavy atom. The van der Waals surface area contributed by atoms with E-state index in [1.807, 2.05) is 10.3 Å². The number of H-pyrrole nitrogens is 1. The van der Waals surface area contributed by atoms with Crippen LogP contribution in [0.3, 0.4) is 0 Å². The Labute approximate surface area is 196 Å². The van der Waals surface area contributed by atoms with E-state index in [4.69, 9.17) is 23.8 Å². The van der Waals surface area contributed by atoms with Gasteiger partial charge in [-0.3, -0.25) is 32.8 Å². The van der Waals surface area contributed by atoms with E-state index in [1.54, 1.807) is 0 Å². The molecular formula is C16H25N3O14P2. The van der Waals surface area contributed by atoms with Crippen LogP contribution in [0, 0.1) is 0 Å². The Morgan fingerprint density at radius 3 is 2.34 bits per heavy atom. The van der Waals surface area contributed by atoms with Gasteiger partial charge >= 0.3 is 27.1 Å². The van der Waals surface area contributed by atoms with Gasteiger partial charge < -0.3 is 34.6 Å². The molecule has 0 bridgehead atoms. The second-order valence-electron chi connectivity index (χ2n) is 7.58. The van der Waals surface area contributed by atoms with Gasteiger partial charge in [0.1, 0.15) is 12.2 Å². The van der Waals surface area contributed by atoms with Crippen LogP contribution in [0.15, 0.2) is 21.9 Å². The highest BCUT2D eigenvalue weighted by atomic mass is 31.2. The number of carboxylic acid groups (broad SMARTS) is 1. The number of aliphatic carboxylic acids is 1. The van der Waals surface area contributed by atoms with E-state index < -0.39 is 81.4 Å². The smallest absolute Gasteiger partial charge is 0.469 e. The van der Waals surface area contributed by atoms with Crippen LogP contribution in [-0.2, 0) is 37.2 Å². The first-order valence-electron chi connectivity index (χ1n) is 9.81. The molecule has 2 unspecified atom stereocenters. The van der Waals surface area contributed by atoms with Crippen molar-refractivity contribution in [1.82, 2.24) is 14.9 Å². The summed E-state index contributed by atoms with van der Waals surface area (Å²) in [5.41, 5.74) is -2.66. The maximum Gasteiger partial charge on any atom is 0.469 e. The fraction of sp³-hybridized carbons (Fsp3) is 0.625. The van der Waals surface area contributed by atoms with Gasteiger partial charge in [0, 0.05) is 19.4 Å². The summed E-state index contributed by atoms with van der Waals surface area (Å²) in [6, 6.07) is -1.01. The number of phosphoric ester groups is 1. The minimum absolute atomic E-state index is 0.741. The molecule has 1 saturated heterocycles. The quantitative estimate of drug-likeness (QED) is 0.166. The molecular weight excluding hydrogens is 520 g/mol. The Balaban J connectivity index is 2.43. The Kier molecular flexibility index (Phi) is 9.33. The van der Waals surface area contributed by atoms with Gasteiger partial charge in [-0.05, 0) is 0 Å². The lowest BCUT2D eigenvalue weighted by Gasteiger charge is -2.27. The van der Waals surface area contributed by atoms with Gasteiger partial charge in [-0.1, -0.05) is 13.8 Å². The van der Waals surface area contributed by atoms with Crippen molar-refractivity contribution in [2.24, 2.45) is 0 Å². The van der Waals surface area contributed by atoms with Gasteiger partial charge in [0.05, 0.1) is 12.3 Å². The van der Waals surface area contributed by atoms with Crippen molar-refractivity contribution in [1.29, 1.82) is 0 Å². The summed E-state index contributed by atoms with van der Waals surface area (Å²) in [4.78, 5) is 77.8. The zero-order valence-electron chi connectivity index (χ0n) is 18.5. The summed E-state index contributed by atoms with van der Waals surface area (Å²) < 4.78 is 44.5. The SMILES string of the molecule is CO[C@H]1C(OP(=O)(O)C(C)C)[C@@H](C(=O)N[C@H](COP(=O)(O)O)C(=O)O)O[C@H]1n1ccc(=O)[nH]c1=O.